The van der Waals surface area contributed by atoms with Crippen LogP contribution < -0.4 is 5.32 Å². The van der Waals surface area contributed by atoms with Gasteiger partial charge in [-0.3, -0.25) is 0 Å². The van der Waals surface area contributed by atoms with E-state index in [-0.39, 0.29) is 0 Å². The summed E-state index contributed by atoms with van der Waals surface area (Å²) < 4.78 is 26.3. The fourth-order valence-electron chi connectivity index (χ4n) is 1.52. The van der Waals surface area contributed by atoms with Gasteiger partial charge in [0.15, 0.2) is 0 Å². The average molecular weight is 163 g/mol. The maximum Gasteiger partial charge on any atom is 0.266 e. The lowest BCUT2D eigenvalue weighted by atomic mass is 10.00. The Bertz CT molecular complexity index is 134. The van der Waals surface area contributed by atoms with E-state index < -0.39 is 17.9 Å². The van der Waals surface area contributed by atoms with E-state index in [1.165, 1.54) is 0 Å². The quantitative estimate of drug-likeness (QED) is 0.656. The van der Waals surface area contributed by atoms with E-state index in [9.17, 15) is 8.78 Å². The predicted molar refractivity (Wildman–Crippen MR) is 40.8 cm³/mol. The molecule has 0 amide bonds. The van der Waals surface area contributed by atoms with Crippen molar-refractivity contribution in [1.29, 1.82) is 0 Å². The van der Waals surface area contributed by atoms with Gasteiger partial charge in [-0.2, -0.15) is 0 Å². The third-order valence-corrected chi connectivity index (χ3v) is 2.37. The molecule has 1 rings (SSSR count). The van der Waals surface area contributed by atoms with Gasteiger partial charge < -0.3 is 5.32 Å². The number of halogens is 2. The molecule has 66 valence electrons. The first-order valence-electron chi connectivity index (χ1n) is 4.20. The van der Waals surface area contributed by atoms with Crippen LogP contribution in [0.2, 0.25) is 0 Å². The molecular weight excluding hydrogens is 148 g/mol. The van der Waals surface area contributed by atoms with E-state index in [4.69, 9.17) is 0 Å². The summed E-state index contributed by atoms with van der Waals surface area (Å²) in [6.45, 7) is 3.99. The van der Waals surface area contributed by atoms with Crippen LogP contribution in [0.25, 0.3) is 0 Å². The molecule has 0 aromatic carbocycles. The van der Waals surface area contributed by atoms with Crippen molar-refractivity contribution >= 4 is 0 Å². The Labute approximate surface area is 66.2 Å². The molecule has 1 heterocycles. The Morgan fingerprint density at radius 1 is 1.55 bits per heavy atom. The van der Waals surface area contributed by atoms with Crippen molar-refractivity contribution in [2.75, 3.05) is 6.54 Å². The van der Waals surface area contributed by atoms with Crippen LogP contribution in [-0.4, -0.2) is 18.5 Å². The van der Waals surface area contributed by atoms with Crippen LogP contribution in [0, 0.1) is 5.92 Å². The second kappa shape index (κ2) is 3.05. The molecule has 0 saturated carbocycles. The summed E-state index contributed by atoms with van der Waals surface area (Å²) in [5.74, 6) is -2.99. The number of alkyl halides is 2. The Hall–Kier alpha value is -0.180. The van der Waals surface area contributed by atoms with Gasteiger partial charge in [0, 0.05) is 12.5 Å². The Kier molecular flexibility index (Phi) is 2.47. The van der Waals surface area contributed by atoms with Crippen molar-refractivity contribution in [2.24, 2.45) is 5.92 Å². The summed E-state index contributed by atoms with van der Waals surface area (Å²) in [6, 6.07) is -0.581. The van der Waals surface area contributed by atoms with Crippen LogP contribution in [-0.2, 0) is 0 Å². The van der Waals surface area contributed by atoms with Crippen LogP contribution in [0.1, 0.15) is 26.7 Å². The summed E-state index contributed by atoms with van der Waals surface area (Å²) in [4.78, 5) is 0. The molecule has 1 aliphatic rings. The van der Waals surface area contributed by atoms with E-state index in [1.807, 2.05) is 6.92 Å². The van der Waals surface area contributed by atoms with Crippen molar-refractivity contribution in [1.82, 2.24) is 5.32 Å². The zero-order valence-electron chi connectivity index (χ0n) is 7.03. The highest BCUT2D eigenvalue weighted by molar-refractivity contribution is 4.94. The molecule has 1 nitrogen and oxygen atoms in total. The molecule has 2 unspecified atom stereocenters. The standard InChI is InChI=1S/C8H15F2N/c1-3-4-7-8(9,10)6(2)5-11-7/h6-7,11H,3-5H2,1-2H3. The summed E-state index contributed by atoms with van der Waals surface area (Å²) in [7, 11) is 0. The van der Waals surface area contributed by atoms with Crippen LogP contribution in [0.3, 0.4) is 0 Å². The number of nitrogens with one attached hydrogen (secondary N) is 1. The monoisotopic (exact) mass is 163 g/mol. The molecule has 0 aliphatic carbocycles. The molecule has 0 bridgehead atoms. The lowest BCUT2D eigenvalue weighted by Crippen LogP contribution is -2.37. The maximum atomic E-state index is 13.1. The fraction of sp³-hybridized carbons (Fsp3) is 1.00. The van der Waals surface area contributed by atoms with Gasteiger partial charge in [0.1, 0.15) is 0 Å². The van der Waals surface area contributed by atoms with Crippen molar-refractivity contribution in [3.05, 3.63) is 0 Å². The third-order valence-electron chi connectivity index (χ3n) is 2.37. The molecule has 1 N–H and O–H groups in total. The second-order valence-corrected chi connectivity index (χ2v) is 3.33. The van der Waals surface area contributed by atoms with Crippen LogP contribution in [0.15, 0.2) is 0 Å². The lowest BCUT2D eigenvalue weighted by molar-refractivity contribution is -0.0472. The minimum absolute atomic E-state index is 0.456. The van der Waals surface area contributed by atoms with Crippen molar-refractivity contribution in [3.8, 4) is 0 Å². The molecule has 1 aliphatic heterocycles. The molecule has 1 saturated heterocycles. The summed E-state index contributed by atoms with van der Waals surface area (Å²) in [5.41, 5.74) is 0. The normalized spacial score (nSPS) is 36.0. The lowest BCUT2D eigenvalue weighted by Gasteiger charge is -2.20. The first-order chi connectivity index (χ1) is 5.09. The van der Waals surface area contributed by atoms with E-state index in [1.54, 1.807) is 6.92 Å². The highest BCUT2D eigenvalue weighted by atomic mass is 19.3. The highest BCUT2D eigenvalue weighted by Crippen LogP contribution is 2.34. The summed E-state index contributed by atoms with van der Waals surface area (Å²) >= 11 is 0. The SMILES string of the molecule is CCCC1NCC(C)C1(F)F. The molecule has 1 fully saturated rings. The Morgan fingerprint density at radius 2 is 2.18 bits per heavy atom. The minimum Gasteiger partial charge on any atom is -0.308 e. The van der Waals surface area contributed by atoms with Crippen molar-refractivity contribution < 1.29 is 8.78 Å². The van der Waals surface area contributed by atoms with E-state index >= 15 is 0 Å². The number of rotatable bonds is 2. The van der Waals surface area contributed by atoms with Gasteiger partial charge in [-0.25, -0.2) is 8.78 Å². The van der Waals surface area contributed by atoms with Gasteiger partial charge in [0.05, 0.1) is 6.04 Å². The molecule has 0 spiro atoms. The van der Waals surface area contributed by atoms with Gasteiger partial charge in [-0.05, 0) is 6.42 Å². The first-order valence-corrected chi connectivity index (χ1v) is 4.20. The largest absolute Gasteiger partial charge is 0.308 e. The maximum absolute atomic E-state index is 13.1. The Balaban J connectivity index is 2.55. The molecule has 2 atom stereocenters. The van der Waals surface area contributed by atoms with Crippen LogP contribution in [0.4, 0.5) is 8.78 Å². The van der Waals surface area contributed by atoms with Gasteiger partial charge in [-0.15, -0.1) is 0 Å². The molecule has 0 aromatic heterocycles. The molecular formula is C8H15F2N. The summed E-state index contributed by atoms with van der Waals surface area (Å²) in [6.07, 6.45) is 1.40. The van der Waals surface area contributed by atoms with Crippen LogP contribution in [0.5, 0.6) is 0 Å². The van der Waals surface area contributed by atoms with Crippen LogP contribution >= 0.6 is 0 Å². The molecule has 11 heavy (non-hydrogen) atoms. The van der Waals surface area contributed by atoms with E-state index in [2.05, 4.69) is 5.32 Å². The van der Waals surface area contributed by atoms with E-state index in [0.717, 1.165) is 6.42 Å². The van der Waals surface area contributed by atoms with Gasteiger partial charge in [0.25, 0.3) is 5.92 Å². The second-order valence-electron chi connectivity index (χ2n) is 3.33. The fourth-order valence-corrected chi connectivity index (χ4v) is 1.52. The first kappa shape index (κ1) is 8.91. The van der Waals surface area contributed by atoms with Crippen molar-refractivity contribution in [2.45, 2.75) is 38.7 Å². The van der Waals surface area contributed by atoms with Gasteiger partial charge in [-0.1, -0.05) is 20.3 Å². The number of hydrogen-bond donors (Lipinski definition) is 1. The van der Waals surface area contributed by atoms with E-state index in [0.29, 0.717) is 13.0 Å². The van der Waals surface area contributed by atoms with Gasteiger partial charge >= 0.3 is 0 Å². The minimum atomic E-state index is -2.49. The zero-order valence-corrected chi connectivity index (χ0v) is 7.03. The smallest absolute Gasteiger partial charge is 0.266 e. The molecule has 3 heteroatoms. The molecule has 0 radical (unpaired) electrons. The zero-order chi connectivity index (χ0) is 8.48. The molecule has 0 aromatic rings. The third kappa shape index (κ3) is 1.53. The highest BCUT2D eigenvalue weighted by Gasteiger charge is 2.48. The van der Waals surface area contributed by atoms with Crippen molar-refractivity contribution in [3.63, 3.8) is 0 Å². The Morgan fingerprint density at radius 3 is 2.55 bits per heavy atom. The summed E-state index contributed by atoms with van der Waals surface area (Å²) in [5, 5.41) is 2.85. The predicted octanol–water partition coefficient (Wildman–Crippen LogP) is 2.03. The van der Waals surface area contributed by atoms with Gasteiger partial charge in [0.2, 0.25) is 0 Å². The topological polar surface area (TPSA) is 12.0 Å². The average Bonchev–Trinajstić information content (AvgIpc) is 2.16. The number of hydrogen-bond acceptors (Lipinski definition) is 1.